The number of benzene rings is 1. The molecule has 0 spiro atoms. The molecule has 1 N–H and O–H groups in total. The lowest BCUT2D eigenvalue weighted by Gasteiger charge is -2.33. The van der Waals surface area contributed by atoms with Crippen LogP contribution in [0.4, 0.5) is 8.78 Å². The lowest BCUT2D eigenvalue weighted by atomic mass is 10.0. The highest BCUT2D eigenvalue weighted by Gasteiger charge is 2.43. The van der Waals surface area contributed by atoms with Crippen molar-refractivity contribution in [1.29, 1.82) is 0 Å². The minimum absolute atomic E-state index is 0.0137. The molecule has 0 saturated carbocycles. The summed E-state index contributed by atoms with van der Waals surface area (Å²) in [7, 11) is 0. The number of nitrogens with zero attached hydrogens (tertiary/aromatic N) is 1. The number of hydrogen-bond acceptors (Lipinski definition) is 4. The molecular formula is C14H16F2N2O2. The first-order valence-corrected chi connectivity index (χ1v) is 6.56. The third-order valence-electron chi connectivity index (χ3n) is 3.54. The molecule has 2 aliphatic rings. The van der Waals surface area contributed by atoms with Gasteiger partial charge < -0.3 is 14.8 Å². The quantitative estimate of drug-likeness (QED) is 0.861. The van der Waals surface area contributed by atoms with E-state index < -0.39 is 6.29 Å². The second-order valence-electron chi connectivity index (χ2n) is 4.84. The third-order valence-corrected chi connectivity index (χ3v) is 3.54. The fourth-order valence-electron chi connectivity index (χ4n) is 2.61. The summed E-state index contributed by atoms with van der Waals surface area (Å²) < 4.78 is 34.9. The molecular weight excluding hydrogens is 266 g/mol. The van der Waals surface area contributed by atoms with Crippen molar-refractivity contribution in [2.24, 2.45) is 0 Å². The molecule has 0 amide bonds. The lowest BCUT2D eigenvalue weighted by Crippen LogP contribution is -2.44. The highest BCUT2D eigenvalue weighted by Crippen LogP contribution is 2.42. The Bertz CT molecular complexity index is 516. The Morgan fingerprint density at radius 1 is 1.25 bits per heavy atom. The summed E-state index contributed by atoms with van der Waals surface area (Å²) in [5.41, 5.74) is 0.877. The van der Waals surface area contributed by atoms with Crippen LogP contribution in [-0.2, 0) is 0 Å². The summed E-state index contributed by atoms with van der Waals surface area (Å²) in [6.45, 7) is 7.45. The van der Waals surface area contributed by atoms with Crippen LogP contribution in [0.3, 0.4) is 0 Å². The molecule has 0 bridgehead atoms. The molecule has 0 aliphatic carbocycles. The van der Waals surface area contributed by atoms with Gasteiger partial charge in [0.25, 0.3) is 0 Å². The number of halogens is 2. The van der Waals surface area contributed by atoms with E-state index in [1.165, 1.54) is 6.07 Å². The van der Waals surface area contributed by atoms with Crippen molar-refractivity contribution in [1.82, 2.24) is 10.2 Å². The number of fused-ring (bicyclic) bond motifs is 1. The molecule has 108 valence electrons. The summed E-state index contributed by atoms with van der Waals surface area (Å²) >= 11 is 0. The van der Waals surface area contributed by atoms with Crippen LogP contribution in [0.2, 0.25) is 0 Å². The van der Waals surface area contributed by atoms with Crippen LogP contribution >= 0.6 is 0 Å². The Balaban J connectivity index is 1.84. The summed E-state index contributed by atoms with van der Waals surface area (Å²) in [4.78, 5) is 2.25. The Hall–Kier alpha value is -1.66. The van der Waals surface area contributed by atoms with Gasteiger partial charge in [-0.3, -0.25) is 4.90 Å². The van der Waals surface area contributed by atoms with Gasteiger partial charge in [-0.2, -0.15) is 0 Å². The minimum atomic E-state index is -3.57. The van der Waals surface area contributed by atoms with Gasteiger partial charge >= 0.3 is 6.29 Å². The van der Waals surface area contributed by atoms with E-state index in [-0.39, 0.29) is 17.5 Å². The van der Waals surface area contributed by atoms with E-state index in [0.29, 0.717) is 0 Å². The minimum Gasteiger partial charge on any atom is -0.395 e. The highest BCUT2D eigenvalue weighted by molar-refractivity contribution is 5.46. The first-order chi connectivity index (χ1) is 9.59. The summed E-state index contributed by atoms with van der Waals surface area (Å²) in [6.07, 6.45) is -1.75. The summed E-state index contributed by atoms with van der Waals surface area (Å²) in [5.74, 6) is 0.149. The Morgan fingerprint density at radius 2 is 1.95 bits per heavy atom. The molecule has 1 saturated heterocycles. The van der Waals surface area contributed by atoms with Gasteiger partial charge in [-0.05, 0) is 17.7 Å². The Morgan fingerprint density at radius 3 is 2.65 bits per heavy atom. The van der Waals surface area contributed by atoms with Crippen LogP contribution < -0.4 is 14.8 Å². The smallest absolute Gasteiger partial charge is 0.395 e. The van der Waals surface area contributed by atoms with Gasteiger partial charge in [0.05, 0.1) is 6.04 Å². The predicted molar refractivity (Wildman–Crippen MR) is 70.0 cm³/mol. The maximum absolute atomic E-state index is 13.0. The standard InChI is InChI=1S/C14H16F2N2O2/c1-2-11(18-7-5-17-6-8-18)10-3-4-12-13(9-10)20-14(15,16)19-12/h2-4,9,11,17H,1,5-8H2/t11-/m0/s1. The molecule has 2 aliphatic heterocycles. The molecule has 20 heavy (non-hydrogen) atoms. The third kappa shape index (κ3) is 2.48. The van der Waals surface area contributed by atoms with Crippen molar-refractivity contribution in [3.63, 3.8) is 0 Å². The van der Waals surface area contributed by atoms with Crippen molar-refractivity contribution in [2.45, 2.75) is 12.3 Å². The fourth-order valence-corrected chi connectivity index (χ4v) is 2.61. The number of nitrogens with one attached hydrogen (secondary N) is 1. The van der Waals surface area contributed by atoms with Gasteiger partial charge in [-0.25, -0.2) is 0 Å². The van der Waals surface area contributed by atoms with Gasteiger partial charge in [0, 0.05) is 26.2 Å². The number of ether oxygens (including phenoxy) is 2. The zero-order chi connectivity index (χ0) is 14.2. The van der Waals surface area contributed by atoms with Crippen LogP contribution in [0.5, 0.6) is 11.5 Å². The van der Waals surface area contributed by atoms with Crippen molar-refractivity contribution in [3.8, 4) is 11.5 Å². The molecule has 1 aromatic carbocycles. The topological polar surface area (TPSA) is 33.7 Å². The van der Waals surface area contributed by atoms with Gasteiger partial charge in [0.1, 0.15) is 0 Å². The largest absolute Gasteiger partial charge is 0.586 e. The molecule has 0 radical (unpaired) electrons. The zero-order valence-electron chi connectivity index (χ0n) is 10.9. The lowest BCUT2D eigenvalue weighted by molar-refractivity contribution is -0.286. The number of alkyl halides is 2. The maximum atomic E-state index is 13.0. The van der Waals surface area contributed by atoms with Crippen LogP contribution in [-0.4, -0.2) is 37.4 Å². The van der Waals surface area contributed by atoms with Gasteiger partial charge in [0.2, 0.25) is 0 Å². The van der Waals surface area contributed by atoms with Crippen molar-refractivity contribution >= 4 is 0 Å². The Labute approximate surface area is 116 Å². The zero-order valence-corrected chi connectivity index (χ0v) is 10.9. The van der Waals surface area contributed by atoms with Crippen LogP contribution in [0.25, 0.3) is 0 Å². The van der Waals surface area contributed by atoms with Gasteiger partial charge in [0.15, 0.2) is 11.5 Å². The molecule has 1 atom stereocenters. The van der Waals surface area contributed by atoms with Crippen LogP contribution in [0.15, 0.2) is 30.9 Å². The molecule has 3 rings (SSSR count). The maximum Gasteiger partial charge on any atom is 0.586 e. The van der Waals surface area contributed by atoms with E-state index in [4.69, 9.17) is 0 Å². The molecule has 6 heteroatoms. The first-order valence-electron chi connectivity index (χ1n) is 6.56. The van der Waals surface area contributed by atoms with Crippen LogP contribution in [0.1, 0.15) is 11.6 Å². The number of piperazine rings is 1. The monoisotopic (exact) mass is 282 g/mol. The van der Waals surface area contributed by atoms with Gasteiger partial charge in [-0.1, -0.05) is 12.1 Å². The molecule has 2 heterocycles. The molecule has 1 fully saturated rings. The second-order valence-corrected chi connectivity index (χ2v) is 4.84. The summed E-state index contributed by atoms with van der Waals surface area (Å²) in [6, 6.07) is 4.88. The molecule has 0 unspecified atom stereocenters. The first kappa shape index (κ1) is 13.3. The van der Waals surface area contributed by atoms with Crippen molar-refractivity contribution in [2.75, 3.05) is 26.2 Å². The second kappa shape index (κ2) is 5.03. The number of rotatable bonds is 3. The van der Waals surface area contributed by atoms with Crippen molar-refractivity contribution < 1.29 is 18.3 Å². The molecule has 4 nitrogen and oxygen atoms in total. The average Bonchev–Trinajstić information content (AvgIpc) is 2.74. The normalized spacial score (nSPS) is 22.5. The van der Waals surface area contributed by atoms with Crippen molar-refractivity contribution in [3.05, 3.63) is 36.4 Å². The summed E-state index contributed by atoms with van der Waals surface area (Å²) in [5, 5.41) is 3.28. The van der Waals surface area contributed by atoms with E-state index in [9.17, 15) is 8.78 Å². The fraction of sp³-hybridized carbons (Fsp3) is 0.429. The van der Waals surface area contributed by atoms with Crippen LogP contribution in [0, 0.1) is 0 Å². The van der Waals surface area contributed by atoms with E-state index in [2.05, 4.69) is 26.3 Å². The van der Waals surface area contributed by atoms with E-state index >= 15 is 0 Å². The molecule has 1 aromatic rings. The Kier molecular flexibility index (Phi) is 3.35. The van der Waals surface area contributed by atoms with E-state index in [1.54, 1.807) is 12.1 Å². The number of hydrogen-bond donors (Lipinski definition) is 1. The van der Waals surface area contributed by atoms with E-state index in [0.717, 1.165) is 31.7 Å². The van der Waals surface area contributed by atoms with Gasteiger partial charge in [-0.15, -0.1) is 15.4 Å². The predicted octanol–water partition coefficient (Wildman–Crippen LogP) is 2.14. The van der Waals surface area contributed by atoms with E-state index in [1.807, 2.05) is 6.08 Å². The molecule has 0 aromatic heterocycles. The highest BCUT2D eigenvalue weighted by atomic mass is 19.3. The SMILES string of the molecule is C=C[C@@H](c1ccc2c(c1)OC(F)(F)O2)N1CCNCC1. The average molecular weight is 282 g/mol.